The number of hydrogen-bond acceptors (Lipinski definition) is 3. The molecule has 0 aliphatic carbocycles. The second-order valence-corrected chi connectivity index (χ2v) is 4.77. The molecule has 0 radical (unpaired) electrons. The van der Waals surface area contributed by atoms with Gasteiger partial charge in [0.15, 0.2) is 5.11 Å². The van der Waals surface area contributed by atoms with Crippen LogP contribution in [0.1, 0.15) is 25.5 Å². The van der Waals surface area contributed by atoms with Crippen molar-refractivity contribution in [3.05, 3.63) is 18.0 Å². The van der Waals surface area contributed by atoms with Crippen LogP contribution < -0.4 is 10.6 Å². The molecule has 2 N–H and O–H groups in total. The van der Waals surface area contributed by atoms with Gasteiger partial charge >= 0.3 is 0 Å². The summed E-state index contributed by atoms with van der Waals surface area (Å²) < 4.78 is 7.42. The van der Waals surface area contributed by atoms with Crippen LogP contribution in [0.2, 0.25) is 0 Å². The summed E-state index contributed by atoms with van der Waals surface area (Å²) >= 11 is 5.21. The second-order valence-electron chi connectivity index (χ2n) is 4.36. The Hall–Kier alpha value is -1.14. The van der Waals surface area contributed by atoms with Crippen molar-refractivity contribution >= 4 is 17.3 Å². The molecule has 1 atom stereocenters. The highest BCUT2D eigenvalue weighted by atomic mass is 32.1. The van der Waals surface area contributed by atoms with Gasteiger partial charge in [0, 0.05) is 25.9 Å². The molecule has 0 spiro atoms. The van der Waals surface area contributed by atoms with Crippen LogP contribution in [0.15, 0.2) is 12.3 Å². The SMILES string of the molecule is CCn1ccc(CNC(=S)NCC2CCCO2)n1. The van der Waals surface area contributed by atoms with Crippen molar-refractivity contribution in [2.24, 2.45) is 0 Å². The van der Waals surface area contributed by atoms with E-state index in [4.69, 9.17) is 17.0 Å². The van der Waals surface area contributed by atoms with Gasteiger partial charge in [-0.25, -0.2) is 0 Å². The fraction of sp³-hybridized carbons (Fsp3) is 0.667. The zero-order valence-corrected chi connectivity index (χ0v) is 11.5. The molecule has 18 heavy (non-hydrogen) atoms. The van der Waals surface area contributed by atoms with Gasteiger partial charge in [-0.05, 0) is 38.0 Å². The first-order valence-electron chi connectivity index (χ1n) is 6.43. The highest BCUT2D eigenvalue weighted by Gasteiger charge is 2.15. The standard InChI is InChI=1S/C12H20N4OS/c1-2-16-6-5-10(15-16)8-13-12(18)14-9-11-4-3-7-17-11/h5-6,11H,2-4,7-9H2,1H3,(H2,13,14,18). The summed E-state index contributed by atoms with van der Waals surface area (Å²) in [7, 11) is 0. The maximum Gasteiger partial charge on any atom is 0.166 e. The third-order valence-electron chi connectivity index (χ3n) is 2.96. The maximum absolute atomic E-state index is 5.52. The Balaban J connectivity index is 1.64. The van der Waals surface area contributed by atoms with E-state index in [1.165, 1.54) is 0 Å². The molecule has 1 saturated heterocycles. The van der Waals surface area contributed by atoms with Crippen LogP contribution in [0.3, 0.4) is 0 Å². The minimum Gasteiger partial charge on any atom is -0.376 e. The first-order valence-corrected chi connectivity index (χ1v) is 6.84. The monoisotopic (exact) mass is 268 g/mol. The maximum atomic E-state index is 5.52. The third-order valence-corrected chi connectivity index (χ3v) is 3.25. The minimum atomic E-state index is 0.309. The summed E-state index contributed by atoms with van der Waals surface area (Å²) in [6.07, 6.45) is 4.56. The van der Waals surface area contributed by atoms with Crippen molar-refractivity contribution in [1.29, 1.82) is 0 Å². The third kappa shape index (κ3) is 3.96. The number of thiocarbonyl (C=S) groups is 1. The van der Waals surface area contributed by atoms with E-state index in [1.807, 2.05) is 16.9 Å². The highest BCUT2D eigenvalue weighted by molar-refractivity contribution is 7.80. The molecular formula is C12H20N4OS. The lowest BCUT2D eigenvalue weighted by Gasteiger charge is -2.13. The predicted molar refractivity (Wildman–Crippen MR) is 74.3 cm³/mol. The van der Waals surface area contributed by atoms with Crippen LogP contribution in [-0.2, 0) is 17.8 Å². The number of aromatic nitrogens is 2. The van der Waals surface area contributed by atoms with E-state index >= 15 is 0 Å². The molecule has 100 valence electrons. The Bertz CT molecular complexity index is 387. The van der Waals surface area contributed by atoms with Gasteiger partial charge in [-0.2, -0.15) is 5.10 Å². The van der Waals surface area contributed by atoms with E-state index in [9.17, 15) is 0 Å². The van der Waals surface area contributed by atoms with Gasteiger partial charge in [0.1, 0.15) is 0 Å². The van der Waals surface area contributed by atoms with Crippen LogP contribution in [0.4, 0.5) is 0 Å². The van der Waals surface area contributed by atoms with E-state index in [0.717, 1.165) is 38.2 Å². The van der Waals surface area contributed by atoms with Crippen molar-refractivity contribution in [2.45, 2.75) is 39.0 Å². The molecule has 1 aliphatic rings. The fourth-order valence-electron chi connectivity index (χ4n) is 1.92. The number of rotatable bonds is 5. The quantitative estimate of drug-likeness (QED) is 0.782. The number of hydrogen-bond donors (Lipinski definition) is 2. The molecule has 0 saturated carbocycles. The zero-order valence-electron chi connectivity index (χ0n) is 10.7. The average Bonchev–Trinajstić information content (AvgIpc) is 3.04. The Kier molecular flexibility index (Phi) is 4.95. The molecule has 1 aromatic heterocycles. The lowest BCUT2D eigenvalue weighted by molar-refractivity contribution is 0.114. The van der Waals surface area contributed by atoms with E-state index in [-0.39, 0.29) is 0 Å². The summed E-state index contributed by atoms with van der Waals surface area (Å²) in [6, 6.07) is 2.00. The minimum absolute atomic E-state index is 0.309. The van der Waals surface area contributed by atoms with Crippen LogP contribution in [0, 0.1) is 0 Å². The molecule has 5 nitrogen and oxygen atoms in total. The Morgan fingerprint density at radius 3 is 3.17 bits per heavy atom. The molecule has 2 rings (SSSR count). The van der Waals surface area contributed by atoms with Crippen molar-refractivity contribution in [3.63, 3.8) is 0 Å². The Morgan fingerprint density at radius 1 is 1.61 bits per heavy atom. The van der Waals surface area contributed by atoms with Crippen LogP contribution in [-0.4, -0.2) is 34.1 Å². The molecule has 1 fully saturated rings. The Morgan fingerprint density at radius 2 is 2.50 bits per heavy atom. The van der Waals surface area contributed by atoms with Gasteiger partial charge in [-0.1, -0.05) is 0 Å². The van der Waals surface area contributed by atoms with E-state index in [0.29, 0.717) is 17.8 Å². The summed E-state index contributed by atoms with van der Waals surface area (Å²) in [4.78, 5) is 0. The molecule has 1 aromatic rings. The molecule has 1 aliphatic heterocycles. The normalized spacial score (nSPS) is 18.8. The van der Waals surface area contributed by atoms with Crippen molar-refractivity contribution in [3.8, 4) is 0 Å². The number of aryl methyl sites for hydroxylation is 1. The van der Waals surface area contributed by atoms with Crippen molar-refractivity contribution < 1.29 is 4.74 Å². The number of nitrogens with one attached hydrogen (secondary N) is 2. The molecule has 6 heteroatoms. The lowest BCUT2D eigenvalue weighted by Crippen LogP contribution is -2.39. The summed E-state index contributed by atoms with van der Waals surface area (Å²) in [6.45, 7) is 5.28. The van der Waals surface area contributed by atoms with Gasteiger partial charge < -0.3 is 15.4 Å². The zero-order chi connectivity index (χ0) is 12.8. The fourth-order valence-corrected chi connectivity index (χ4v) is 2.07. The predicted octanol–water partition coefficient (Wildman–Crippen LogP) is 1.05. The average molecular weight is 268 g/mol. The van der Waals surface area contributed by atoms with E-state index in [1.54, 1.807) is 0 Å². The van der Waals surface area contributed by atoms with Gasteiger partial charge in [0.2, 0.25) is 0 Å². The summed E-state index contributed by atoms with van der Waals surface area (Å²) in [5.41, 5.74) is 0.998. The number of ether oxygens (including phenoxy) is 1. The van der Waals surface area contributed by atoms with Crippen molar-refractivity contribution in [2.75, 3.05) is 13.2 Å². The summed E-state index contributed by atoms with van der Waals surface area (Å²) in [5, 5.41) is 11.4. The van der Waals surface area contributed by atoms with Gasteiger partial charge in [-0.3, -0.25) is 4.68 Å². The topological polar surface area (TPSA) is 51.1 Å². The van der Waals surface area contributed by atoms with Crippen LogP contribution in [0.5, 0.6) is 0 Å². The molecule has 0 bridgehead atoms. The summed E-state index contributed by atoms with van der Waals surface area (Å²) in [5.74, 6) is 0. The Labute approximate surface area is 113 Å². The molecule has 0 amide bonds. The number of nitrogens with zero attached hydrogens (tertiary/aromatic N) is 2. The van der Waals surface area contributed by atoms with Crippen molar-refractivity contribution in [1.82, 2.24) is 20.4 Å². The van der Waals surface area contributed by atoms with Gasteiger partial charge in [0.05, 0.1) is 18.3 Å². The van der Waals surface area contributed by atoms with Crippen LogP contribution >= 0.6 is 12.2 Å². The molecule has 2 heterocycles. The largest absolute Gasteiger partial charge is 0.376 e. The highest BCUT2D eigenvalue weighted by Crippen LogP contribution is 2.10. The second kappa shape index (κ2) is 6.70. The molecular weight excluding hydrogens is 248 g/mol. The lowest BCUT2D eigenvalue weighted by atomic mass is 10.2. The van der Waals surface area contributed by atoms with Gasteiger partial charge in [0.25, 0.3) is 0 Å². The van der Waals surface area contributed by atoms with E-state index < -0.39 is 0 Å². The van der Waals surface area contributed by atoms with Gasteiger partial charge in [-0.15, -0.1) is 0 Å². The molecule has 1 unspecified atom stereocenters. The first kappa shape index (κ1) is 13.3. The van der Waals surface area contributed by atoms with Crippen LogP contribution in [0.25, 0.3) is 0 Å². The molecule has 0 aromatic carbocycles. The smallest absolute Gasteiger partial charge is 0.166 e. The van der Waals surface area contributed by atoms with E-state index in [2.05, 4.69) is 22.7 Å². The first-order chi connectivity index (χ1) is 8.78.